The third-order valence-electron chi connectivity index (χ3n) is 3.40. The molecule has 2 N–H and O–H groups in total. The Balaban J connectivity index is 2.11. The number of aryl methyl sites for hydroxylation is 2. The fraction of sp³-hybridized carbons (Fsp3) is 0.400. The standard InChI is InChI=1S/C15H19Cl2N3/c1-3-13-15(17)14(20(2)19-13)9-11(18)8-10-6-4-5-7-12(10)16/h4-7,11H,3,8-9,18H2,1-2H3. The van der Waals surface area contributed by atoms with Crippen molar-refractivity contribution in [3.8, 4) is 0 Å². The summed E-state index contributed by atoms with van der Waals surface area (Å²) < 4.78 is 1.83. The monoisotopic (exact) mass is 311 g/mol. The van der Waals surface area contributed by atoms with Gasteiger partial charge in [-0.15, -0.1) is 0 Å². The summed E-state index contributed by atoms with van der Waals surface area (Å²) in [5.74, 6) is 0. The molecule has 1 aromatic carbocycles. The number of halogens is 2. The van der Waals surface area contributed by atoms with E-state index in [1.165, 1.54) is 0 Å². The van der Waals surface area contributed by atoms with Crippen LogP contribution in [0.2, 0.25) is 10.0 Å². The van der Waals surface area contributed by atoms with Crippen LogP contribution in [-0.4, -0.2) is 15.8 Å². The van der Waals surface area contributed by atoms with Crippen LogP contribution in [0.5, 0.6) is 0 Å². The first-order valence-electron chi connectivity index (χ1n) is 6.72. The Kier molecular flexibility index (Phi) is 5.08. The molecule has 0 fully saturated rings. The zero-order valence-electron chi connectivity index (χ0n) is 11.7. The van der Waals surface area contributed by atoms with Crippen LogP contribution < -0.4 is 5.73 Å². The Bertz CT molecular complexity index is 593. The largest absolute Gasteiger partial charge is 0.327 e. The van der Waals surface area contributed by atoms with E-state index in [9.17, 15) is 0 Å². The fourth-order valence-electron chi connectivity index (χ4n) is 2.31. The van der Waals surface area contributed by atoms with Gasteiger partial charge in [0.15, 0.2) is 0 Å². The Labute approximate surface area is 129 Å². The van der Waals surface area contributed by atoms with Gasteiger partial charge in [-0.1, -0.05) is 48.3 Å². The van der Waals surface area contributed by atoms with Gasteiger partial charge in [0.25, 0.3) is 0 Å². The summed E-state index contributed by atoms with van der Waals surface area (Å²) in [6.45, 7) is 2.04. The van der Waals surface area contributed by atoms with Crippen molar-refractivity contribution in [2.24, 2.45) is 12.8 Å². The molecule has 2 aromatic rings. The Morgan fingerprint density at radius 3 is 2.55 bits per heavy atom. The summed E-state index contributed by atoms with van der Waals surface area (Å²) in [6, 6.07) is 7.75. The predicted octanol–water partition coefficient (Wildman–Crippen LogP) is 3.40. The second-order valence-corrected chi connectivity index (χ2v) is 5.73. The Morgan fingerprint density at radius 1 is 1.25 bits per heavy atom. The average Bonchev–Trinajstić information content (AvgIpc) is 2.69. The van der Waals surface area contributed by atoms with Crippen LogP contribution in [0.4, 0.5) is 0 Å². The fourth-order valence-corrected chi connectivity index (χ4v) is 2.89. The first-order chi connectivity index (χ1) is 9.52. The van der Waals surface area contributed by atoms with Crippen molar-refractivity contribution in [1.29, 1.82) is 0 Å². The minimum absolute atomic E-state index is 0.0347. The summed E-state index contributed by atoms with van der Waals surface area (Å²) in [5.41, 5.74) is 9.22. The van der Waals surface area contributed by atoms with Crippen molar-refractivity contribution in [3.63, 3.8) is 0 Å². The highest BCUT2D eigenvalue weighted by atomic mass is 35.5. The van der Waals surface area contributed by atoms with Gasteiger partial charge in [0, 0.05) is 24.5 Å². The number of benzene rings is 1. The first-order valence-corrected chi connectivity index (χ1v) is 7.47. The lowest BCUT2D eigenvalue weighted by Gasteiger charge is -2.13. The maximum absolute atomic E-state index is 6.34. The lowest BCUT2D eigenvalue weighted by molar-refractivity contribution is 0.612. The summed E-state index contributed by atoms with van der Waals surface area (Å²) in [7, 11) is 1.91. The van der Waals surface area contributed by atoms with Crippen LogP contribution in [0.1, 0.15) is 23.9 Å². The molecule has 0 aliphatic rings. The van der Waals surface area contributed by atoms with E-state index in [1.54, 1.807) is 0 Å². The predicted molar refractivity (Wildman–Crippen MR) is 84.4 cm³/mol. The number of aromatic nitrogens is 2. The molecule has 0 bridgehead atoms. The Morgan fingerprint density at radius 2 is 1.95 bits per heavy atom. The second kappa shape index (κ2) is 6.61. The van der Waals surface area contributed by atoms with Crippen LogP contribution in [0.3, 0.4) is 0 Å². The molecule has 1 unspecified atom stereocenters. The molecule has 1 heterocycles. The number of hydrogen-bond acceptors (Lipinski definition) is 2. The van der Waals surface area contributed by atoms with Crippen molar-refractivity contribution in [2.45, 2.75) is 32.2 Å². The molecule has 0 aliphatic heterocycles. The molecule has 0 spiro atoms. The van der Waals surface area contributed by atoms with Gasteiger partial charge in [-0.3, -0.25) is 4.68 Å². The first kappa shape index (κ1) is 15.4. The van der Waals surface area contributed by atoms with Crippen molar-refractivity contribution in [1.82, 2.24) is 9.78 Å². The molecule has 0 amide bonds. The van der Waals surface area contributed by atoms with Gasteiger partial charge in [-0.25, -0.2) is 0 Å². The highest BCUT2D eigenvalue weighted by molar-refractivity contribution is 6.32. The molecule has 0 saturated heterocycles. The van der Waals surface area contributed by atoms with Crippen molar-refractivity contribution < 1.29 is 0 Å². The molecular formula is C15H19Cl2N3. The minimum atomic E-state index is -0.0347. The minimum Gasteiger partial charge on any atom is -0.327 e. The molecule has 3 nitrogen and oxygen atoms in total. The van der Waals surface area contributed by atoms with E-state index < -0.39 is 0 Å². The smallest absolute Gasteiger partial charge is 0.0850 e. The lowest BCUT2D eigenvalue weighted by Crippen LogP contribution is -2.26. The van der Waals surface area contributed by atoms with E-state index in [2.05, 4.69) is 5.10 Å². The quantitative estimate of drug-likeness (QED) is 0.919. The van der Waals surface area contributed by atoms with E-state index in [0.717, 1.165) is 39.8 Å². The number of rotatable bonds is 5. The van der Waals surface area contributed by atoms with Gasteiger partial charge in [-0.05, 0) is 24.5 Å². The van der Waals surface area contributed by atoms with Crippen molar-refractivity contribution in [3.05, 3.63) is 51.3 Å². The third kappa shape index (κ3) is 3.35. The summed E-state index contributed by atoms with van der Waals surface area (Å²) in [6.07, 6.45) is 2.24. The van der Waals surface area contributed by atoms with Crippen LogP contribution >= 0.6 is 23.2 Å². The van der Waals surface area contributed by atoms with Crippen LogP contribution in [0.25, 0.3) is 0 Å². The highest BCUT2D eigenvalue weighted by Crippen LogP contribution is 2.23. The molecule has 1 aromatic heterocycles. The number of nitrogens with two attached hydrogens (primary N) is 1. The Hall–Kier alpha value is -1.03. The van der Waals surface area contributed by atoms with Crippen LogP contribution in [0.15, 0.2) is 24.3 Å². The van der Waals surface area contributed by atoms with Gasteiger partial charge in [0.1, 0.15) is 0 Å². The summed E-state index contributed by atoms with van der Waals surface area (Å²) >= 11 is 12.5. The maximum Gasteiger partial charge on any atom is 0.0850 e. The molecule has 5 heteroatoms. The molecule has 1 atom stereocenters. The molecule has 108 valence electrons. The lowest BCUT2D eigenvalue weighted by atomic mass is 10.0. The number of hydrogen-bond donors (Lipinski definition) is 1. The van der Waals surface area contributed by atoms with Gasteiger partial charge >= 0.3 is 0 Å². The van der Waals surface area contributed by atoms with E-state index in [1.807, 2.05) is 42.9 Å². The average molecular weight is 312 g/mol. The van der Waals surface area contributed by atoms with E-state index in [0.29, 0.717) is 6.42 Å². The molecule has 0 aliphatic carbocycles. The van der Waals surface area contributed by atoms with Gasteiger partial charge in [-0.2, -0.15) is 5.10 Å². The zero-order valence-corrected chi connectivity index (χ0v) is 13.2. The molecular weight excluding hydrogens is 293 g/mol. The normalized spacial score (nSPS) is 12.7. The van der Waals surface area contributed by atoms with Crippen LogP contribution in [0, 0.1) is 0 Å². The van der Waals surface area contributed by atoms with Crippen LogP contribution in [-0.2, 0) is 26.3 Å². The van der Waals surface area contributed by atoms with E-state index >= 15 is 0 Å². The van der Waals surface area contributed by atoms with Gasteiger partial charge in [0.05, 0.1) is 16.4 Å². The van der Waals surface area contributed by atoms with Crippen molar-refractivity contribution >= 4 is 23.2 Å². The van der Waals surface area contributed by atoms with E-state index in [-0.39, 0.29) is 6.04 Å². The second-order valence-electron chi connectivity index (χ2n) is 4.94. The number of nitrogens with zero attached hydrogens (tertiary/aromatic N) is 2. The molecule has 0 radical (unpaired) electrons. The van der Waals surface area contributed by atoms with E-state index in [4.69, 9.17) is 28.9 Å². The zero-order chi connectivity index (χ0) is 14.7. The molecule has 2 rings (SSSR count). The SMILES string of the molecule is CCc1nn(C)c(CC(N)Cc2ccccc2Cl)c1Cl. The summed E-state index contributed by atoms with van der Waals surface area (Å²) in [4.78, 5) is 0. The molecule has 0 saturated carbocycles. The summed E-state index contributed by atoms with van der Waals surface area (Å²) in [5, 5.41) is 5.91. The van der Waals surface area contributed by atoms with Crippen molar-refractivity contribution in [2.75, 3.05) is 0 Å². The molecule has 20 heavy (non-hydrogen) atoms. The highest BCUT2D eigenvalue weighted by Gasteiger charge is 2.16. The van der Waals surface area contributed by atoms with Gasteiger partial charge in [0.2, 0.25) is 0 Å². The topological polar surface area (TPSA) is 43.8 Å². The maximum atomic E-state index is 6.34. The van der Waals surface area contributed by atoms with Gasteiger partial charge < -0.3 is 5.73 Å². The third-order valence-corrected chi connectivity index (χ3v) is 4.20.